The second-order valence-electron chi connectivity index (χ2n) is 7.61. The highest BCUT2D eigenvalue weighted by molar-refractivity contribution is 5.79. The Morgan fingerprint density at radius 1 is 0.963 bits per heavy atom. The van der Waals surface area contributed by atoms with Crippen LogP contribution >= 0.6 is 0 Å². The molecule has 0 aromatic heterocycles. The van der Waals surface area contributed by atoms with Crippen molar-refractivity contribution in [3.05, 3.63) is 59.7 Å². The predicted molar refractivity (Wildman–Crippen MR) is 102 cm³/mol. The lowest BCUT2D eigenvalue weighted by atomic mass is 9.80. The summed E-state index contributed by atoms with van der Waals surface area (Å²) < 4.78 is 5.68. The molecule has 1 fully saturated rings. The van der Waals surface area contributed by atoms with Crippen LogP contribution in [0.5, 0.6) is 0 Å². The van der Waals surface area contributed by atoms with Crippen LogP contribution in [0.4, 0.5) is 4.79 Å². The van der Waals surface area contributed by atoms with Gasteiger partial charge in [0.2, 0.25) is 0 Å². The third-order valence-electron chi connectivity index (χ3n) is 6.09. The highest BCUT2D eigenvalue weighted by Crippen LogP contribution is 2.44. The van der Waals surface area contributed by atoms with E-state index in [1.807, 2.05) is 24.3 Å². The summed E-state index contributed by atoms with van der Waals surface area (Å²) >= 11 is 0. The summed E-state index contributed by atoms with van der Waals surface area (Å²) in [5, 5.41) is 19.0. The van der Waals surface area contributed by atoms with Gasteiger partial charge in [-0.3, -0.25) is 0 Å². The van der Waals surface area contributed by atoms with Crippen molar-refractivity contribution >= 4 is 6.09 Å². The molecule has 0 radical (unpaired) electrons. The predicted octanol–water partition coefficient (Wildman–Crippen LogP) is 3.00. The van der Waals surface area contributed by atoms with E-state index in [2.05, 4.69) is 24.3 Å². The molecule has 27 heavy (non-hydrogen) atoms. The number of amides is 1. The minimum absolute atomic E-state index is 0.0535. The summed E-state index contributed by atoms with van der Waals surface area (Å²) in [4.78, 5) is 14.2. The second kappa shape index (κ2) is 7.33. The smallest absolute Gasteiger partial charge is 0.409 e. The van der Waals surface area contributed by atoms with Gasteiger partial charge in [0.25, 0.3) is 0 Å². The first-order chi connectivity index (χ1) is 13.2. The fourth-order valence-electron chi connectivity index (χ4n) is 4.22. The molecule has 1 amide bonds. The van der Waals surface area contributed by atoms with Crippen LogP contribution in [0, 0.1) is 5.41 Å². The minimum atomic E-state index is -0.472. The van der Waals surface area contributed by atoms with Gasteiger partial charge in [0, 0.05) is 24.4 Å². The molecule has 2 aromatic rings. The molecule has 1 aliphatic carbocycles. The number of fused-ring (bicyclic) bond motifs is 3. The molecular formula is C22H25NO4. The van der Waals surface area contributed by atoms with E-state index in [0.717, 1.165) is 0 Å². The number of benzene rings is 2. The number of hydrogen-bond donors (Lipinski definition) is 2. The molecule has 2 aliphatic rings. The first kappa shape index (κ1) is 18.0. The van der Waals surface area contributed by atoms with E-state index in [1.54, 1.807) is 4.90 Å². The van der Waals surface area contributed by atoms with Crippen molar-refractivity contribution in [3.63, 3.8) is 0 Å². The van der Waals surface area contributed by atoms with Crippen LogP contribution in [0.2, 0.25) is 0 Å². The number of carbonyl (C=O) groups is 1. The number of piperidine rings is 1. The molecule has 2 aromatic carbocycles. The van der Waals surface area contributed by atoms with Crippen molar-refractivity contribution in [2.45, 2.75) is 18.8 Å². The maximum Gasteiger partial charge on any atom is 0.409 e. The van der Waals surface area contributed by atoms with E-state index >= 15 is 0 Å². The second-order valence-corrected chi connectivity index (χ2v) is 7.61. The third-order valence-corrected chi connectivity index (χ3v) is 6.09. The maximum absolute atomic E-state index is 12.5. The van der Waals surface area contributed by atoms with E-state index < -0.39 is 5.41 Å². The van der Waals surface area contributed by atoms with Crippen molar-refractivity contribution in [3.8, 4) is 11.1 Å². The van der Waals surface area contributed by atoms with Gasteiger partial charge < -0.3 is 19.8 Å². The van der Waals surface area contributed by atoms with E-state index in [4.69, 9.17) is 4.74 Å². The zero-order valence-corrected chi connectivity index (χ0v) is 15.3. The Balaban J connectivity index is 1.43. The summed E-state index contributed by atoms with van der Waals surface area (Å²) in [6.45, 7) is 1.20. The number of hydrogen-bond acceptors (Lipinski definition) is 4. The quantitative estimate of drug-likeness (QED) is 0.872. The summed E-state index contributed by atoms with van der Waals surface area (Å²) in [5.41, 5.74) is 4.35. The Morgan fingerprint density at radius 3 is 2.00 bits per heavy atom. The molecule has 0 saturated carbocycles. The Hall–Kier alpha value is -2.37. The summed E-state index contributed by atoms with van der Waals surface area (Å²) in [6, 6.07) is 16.5. The molecule has 1 saturated heterocycles. The molecular weight excluding hydrogens is 342 g/mol. The largest absolute Gasteiger partial charge is 0.448 e. The number of likely N-dealkylation sites (tertiary alicyclic amines) is 1. The molecule has 5 nitrogen and oxygen atoms in total. The molecule has 0 unspecified atom stereocenters. The van der Waals surface area contributed by atoms with Gasteiger partial charge in [0.15, 0.2) is 0 Å². The van der Waals surface area contributed by atoms with Crippen LogP contribution in [0.1, 0.15) is 29.9 Å². The fraction of sp³-hybridized carbons (Fsp3) is 0.409. The van der Waals surface area contributed by atoms with Crippen LogP contribution < -0.4 is 0 Å². The lowest BCUT2D eigenvalue weighted by Gasteiger charge is -2.39. The molecule has 2 N–H and O–H groups in total. The molecule has 0 atom stereocenters. The molecule has 1 aliphatic heterocycles. The zero-order chi connectivity index (χ0) is 18.9. The number of aliphatic hydroxyl groups is 2. The fourth-order valence-corrected chi connectivity index (χ4v) is 4.22. The van der Waals surface area contributed by atoms with E-state index in [0.29, 0.717) is 32.5 Å². The van der Waals surface area contributed by atoms with E-state index in [9.17, 15) is 15.0 Å². The standard InChI is InChI=1S/C22H25NO4/c24-14-22(15-25)9-11-23(12-10-22)21(26)27-13-20-18-7-3-1-5-16(18)17-6-2-4-8-19(17)20/h1-8,20,24-25H,9-15H2. The van der Waals surface area contributed by atoms with Gasteiger partial charge in [-0.05, 0) is 35.1 Å². The van der Waals surface area contributed by atoms with Crippen molar-refractivity contribution in [1.82, 2.24) is 4.90 Å². The van der Waals surface area contributed by atoms with Crippen molar-refractivity contribution in [1.29, 1.82) is 0 Å². The van der Waals surface area contributed by atoms with E-state index in [-0.39, 0.29) is 25.2 Å². The molecule has 0 spiro atoms. The Bertz CT molecular complexity index is 775. The first-order valence-electron chi connectivity index (χ1n) is 9.49. The normalized spacial score (nSPS) is 18.1. The van der Waals surface area contributed by atoms with Gasteiger partial charge in [-0.2, -0.15) is 0 Å². The van der Waals surface area contributed by atoms with Gasteiger partial charge in [0.05, 0.1) is 13.2 Å². The molecule has 4 rings (SSSR count). The zero-order valence-electron chi connectivity index (χ0n) is 15.3. The van der Waals surface area contributed by atoms with Gasteiger partial charge in [-0.1, -0.05) is 48.5 Å². The summed E-state index contributed by atoms with van der Waals surface area (Å²) in [7, 11) is 0. The van der Waals surface area contributed by atoms with Crippen LogP contribution in [0.15, 0.2) is 48.5 Å². The summed E-state index contributed by atoms with van der Waals surface area (Å²) in [6.07, 6.45) is 0.857. The minimum Gasteiger partial charge on any atom is -0.448 e. The van der Waals surface area contributed by atoms with Gasteiger partial charge >= 0.3 is 6.09 Å². The SMILES string of the molecule is O=C(OCC1c2ccccc2-c2ccccc21)N1CCC(CO)(CO)CC1. The highest BCUT2D eigenvalue weighted by Gasteiger charge is 2.36. The molecule has 0 bridgehead atoms. The topological polar surface area (TPSA) is 70.0 Å². The van der Waals surface area contributed by atoms with Gasteiger partial charge in [-0.15, -0.1) is 0 Å². The maximum atomic E-state index is 12.5. The monoisotopic (exact) mass is 367 g/mol. The average molecular weight is 367 g/mol. The lowest BCUT2D eigenvalue weighted by molar-refractivity contribution is -0.00299. The molecule has 1 heterocycles. The van der Waals surface area contributed by atoms with Crippen LogP contribution in [0.25, 0.3) is 11.1 Å². The number of rotatable bonds is 4. The Kier molecular flexibility index (Phi) is 4.89. The van der Waals surface area contributed by atoms with Crippen LogP contribution in [-0.4, -0.2) is 54.1 Å². The van der Waals surface area contributed by atoms with Crippen molar-refractivity contribution < 1.29 is 19.7 Å². The van der Waals surface area contributed by atoms with Crippen LogP contribution in [-0.2, 0) is 4.74 Å². The highest BCUT2D eigenvalue weighted by atomic mass is 16.6. The number of aliphatic hydroxyl groups excluding tert-OH is 2. The Labute approximate surface area is 159 Å². The Morgan fingerprint density at radius 2 is 1.48 bits per heavy atom. The van der Waals surface area contributed by atoms with Crippen LogP contribution in [0.3, 0.4) is 0 Å². The van der Waals surface area contributed by atoms with Crippen molar-refractivity contribution in [2.24, 2.45) is 5.41 Å². The number of ether oxygens (including phenoxy) is 1. The van der Waals surface area contributed by atoms with Gasteiger partial charge in [-0.25, -0.2) is 4.79 Å². The van der Waals surface area contributed by atoms with E-state index in [1.165, 1.54) is 22.3 Å². The van der Waals surface area contributed by atoms with Gasteiger partial charge in [0.1, 0.15) is 6.61 Å². The number of carbonyl (C=O) groups excluding carboxylic acids is 1. The average Bonchev–Trinajstić information content (AvgIpc) is 3.06. The summed E-state index contributed by atoms with van der Waals surface area (Å²) in [5.74, 6) is 0.0557. The molecule has 5 heteroatoms. The number of nitrogens with zero attached hydrogens (tertiary/aromatic N) is 1. The van der Waals surface area contributed by atoms with Crippen molar-refractivity contribution in [2.75, 3.05) is 32.9 Å². The lowest BCUT2D eigenvalue weighted by Crippen LogP contribution is -2.46. The third kappa shape index (κ3) is 3.22. The molecule has 142 valence electrons. The first-order valence-corrected chi connectivity index (χ1v) is 9.49.